The standard InChI is InChI=1S/C21H18O3S/c1-13(20(22)17-10-9-14-6-4-7-15(14)11-17)24-21(23)19-12-16-5-2-3-8-18(16)25-19/h2-3,5,8-13H,4,6-7H2,1H3/t13-/m1/s1. The summed E-state index contributed by atoms with van der Waals surface area (Å²) in [4.78, 5) is 25.5. The van der Waals surface area contributed by atoms with Crippen LogP contribution in [0.25, 0.3) is 10.1 Å². The van der Waals surface area contributed by atoms with Crippen molar-refractivity contribution in [2.24, 2.45) is 0 Å². The maximum atomic E-state index is 12.6. The van der Waals surface area contributed by atoms with Crippen LogP contribution in [0.5, 0.6) is 0 Å². The highest BCUT2D eigenvalue weighted by molar-refractivity contribution is 7.20. The van der Waals surface area contributed by atoms with Crippen LogP contribution in [0.1, 0.15) is 44.5 Å². The first-order valence-electron chi connectivity index (χ1n) is 8.47. The van der Waals surface area contributed by atoms with E-state index in [1.165, 1.54) is 22.5 Å². The molecule has 25 heavy (non-hydrogen) atoms. The van der Waals surface area contributed by atoms with Gasteiger partial charge in [0.15, 0.2) is 6.10 Å². The number of rotatable bonds is 4. The largest absolute Gasteiger partial charge is 0.450 e. The van der Waals surface area contributed by atoms with Crippen LogP contribution >= 0.6 is 11.3 Å². The summed E-state index contributed by atoms with van der Waals surface area (Å²) in [6.07, 6.45) is 2.45. The van der Waals surface area contributed by atoms with Gasteiger partial charge in [0, 0.05) is 10.3 Å². The lowest BCUT2D eigenvalue weighted by atomic mass is 10.0. The number of thiophene rings is 1. The summed E-state index contributed by atoms with van der Waals surface area (Å²) in [7, 11) is 0. The molecule has 1 atom stereocenters. The van der Waals surface area contributed by atoms with Crippen LogP contribution in [0.3, 0.4) is 0 Å². The summed E-state index contributed by atoms with van der Waals surface area (Å²) in [5.74, 6) is -0.590. The van der Waals surface area contributed by atoms with Crippen molar-refractivity contribution in [1.82, 2.24) is 0 Å². The molecule has 0 saturated carbocycles. The molecule has 0 spiro atoms. The molecule has 0 bridgehead atoms. The highest BCUT2D eigenvalue weighted by atomic mass is 32.1. The maximum absolute atomic E-state index is 12.6. The van der Waals surface area contributed by atoms with E-state index in [9.17, 15) is 9.59 Å². The first-order chi connectivity index (χ1) is 12.1. The number of ether oxygens (including phenoxy) is 1. The Morgan fingerprint density at radius 2 is 1.84 bits per heavy atom. The second kappa shape index (κ2) is 6.45. The molecule has 0 aliphatic heterocycles. The number of Topliss-reactive ketones (excluding diaryl/α,β-unsaturated/α-hetero) is 1. The number of carbonyl (C=O) groups is 2. The van der Waals surface area contributed by atoms with Gasteiger partial charge in [-0.15, -0.1) is 11.3 Å². The fourth-order valence-corrected chi connectivity index (χ4v) is 4.26. The lowest BCUT2D eigenvalue weighted by Crippen LogP contribution is -2.24. The summed E-state index contributed by atoms with van der Waals surface area (Å²) in [6, 6.07) is 15.4. The molecule has 4 heteroatoms. The Bertz CT molecular complexity index is 937. The zero-order valence-corrected chi connectivity index (χ0v) is 14.8. The van der Waals surface area contributed by atoms with Gasteiger partial charge in [-0.1, -0.05) is 30.3 Å². The number of fused-ring (bicyclic) bond motifs is 2. The van der Waals surface area contributed by atoms with Crippen LogP contribution in [0.4, 0.5) is 0 Å². The average molecular weight is 350 g/mol. The monoisotopic (exact) mass is 350 g/mol. The van der Waals surface area contributed by atoms with Crippen molar-refractivity contribution in [1.29, 1.82) is 0 Å². The van der Waals surface area contributed by atoms with E-state index in [0.717, 1.165) is 29.3 Å². The topological polar surface area (TPSA) is 43.4 Å². The zero-order valence-electron chi connectivity index (χ0n) is 14.0. The van der Waals surface area contributed by atoms with Gasteiger partial charge >= 0.3 is 5.97 Å². The van der Waals surface area contributed by atoms with E-state index in [1.54, 1.807) is 6.92 Å². The van der Waals surface area contributed by atoms with Gasteiger partial charge in [-0.3, -0.25) is 4.79 Å². The van der Waals surface area contributed by atoms with E-state index in [0.29, 0.717) is 10.4 Å². The SMILES string of the molecule is C[C@@H](OC(=O)c1cc2ccccc2s1)C(=O)c1ccc2c(c1)CCC2. The minimum Gasteiger partial charge on any atom is -0.450 e. The normalized spacial score (nSPS) is 14.3. The number of hydrogen-bond acceptors (Lipinski definition) is 4. The predicted octanol–water partition coefficient (Wildman–Crippen LogP) is 4.82. The third-order valence-electron chi connectivity index (χ3n) is 4.66. The third-order valence-corrected chi connectivity index (χ3v) is 5.76. The van der Waals surface area contributed by atoms with E-state index in [1.807, 2.05) is 48.5 Å². The Morgan fingerprint density at radius 3 is 2.68 bits per heavy atom. The van der Waals surface area contributed by atoms with E-state index in [-0.39, 0.29) is 5.78 Å². The Morgan fingerprint density at radius 1 is 1.04 bits per heavy atom. The summed E-state index contributed by atoms with van der Waals surface area (Å²) < 4.78 is 6.46. The fraction of sp³-hybridized carbons (Fsp3) is 0.238. The molecule has 126 valence electrons. The Balaban J connectivity index is 1.49. The van der Waals surface area contributed by atoms with Gasteiger partial charge in [-0.25, -0.2) is 4.79 Å². The summed E-state index contributed by atoms with van der Waals surface area (Å²) in [5.41, 5.74) is 3.19. The molecule has 1 aliphatic rings. The Hall–Kier alpha value is -2.46. The van der Waals surface area contributed by atoms with Crippen LogP contribution in [0.15, 0.2) is 48.5 Å². The molecule has 0 amide bonds. The molecule has 3 aromatic rings. The van der Waals surface area contributed by atoms with Gasteiger partial charge < -0.3 is 4.74 Å². The van der Waals surface area contributed by atoms with Crippen LogP contribution < -0.4 is 0 Å². The highest BCUT2D eigenvalue weighted by Gasteiger charge is 2.23. The molecule has 4 rings (SSSR count). The second-order valence-corrected chi connectivity index (χ2v) is 7.48. The van der Waals surface area contributed by atoms with Gasteiger partial charge in [-0.05, 0) is 60.9 Å². The van der Waals surface area contributed by atoms with Crippen molar-refractivity contribution >= 4 is 33.2 Å². The Kier molecular flexibility index (Phi) is 4.14. The summed E-state index contributed by atoms with van der Waals surface area (Å²) >= 11 is 1.39. The van der Waals surface area contributed by atoms with Gasteiger partial charge in [0.2, 0.25) is 5.78 Å². The van der Waals surface area contributed by atoms with Crippen LogP contribution in [0.2, 0.25) is 0 Å². The van der Waals surface area contributed by atoms with Crippen molar-refractivity contribution < 1.29 is 14.3 Å². The summed E-state index contributed by atoms with van der Waals surface area (Å²) in [5, 5.41) is 1.01. The summed E-state index contributed by atoms with van der Waals surface area (Å²) in [6.45, 7) is 1.64. The number of benzene rings is 2. The molecule has 2 aromatic carbocycles. The number of esters is 1. The molecule has 3 nitrogen and oxygen atoms in total. The van der Waals surface area contributed by atoms with Crippen LogP contribution in [-0.4, -0.2) is 17.9 Å². The Labute approximate surface area is 150 Å². The minimum atomic E-state index is -0.794. The smallest absolute Gasteiger partial charge is 0.349 e. The molecule has 1 aliphatic carbocycles. The van der Waals surface area contributed by atoms with Gasteiger partial charge in [0.25, 0.3) is 0 Å². The zero-order chi connectivity index (χ0) is 17.4. The number of aryl methyl sites for hydroxylation is 2. The predicted molar refractivity (Wildman–Crippen MR) is 99.5 cm³/mol. The van der Waals surface area contributed by atoms with Crippen molar-refractivity contribution in [3.8, 4) is 0 Å². The molecule has 1 heterocycles. The highest BCUT2D eigenvalue weighted by Crippen LogP contribution is 2.27. The third kappa shape index (κ3) is 3.10. The lowest BCUT2D eigenvalue weighted by Gasteiger charge is -2.12. The molecule has 0 fully saturated rings. The molecular weight excluding hydrogens is 332 g/mol. The van der Waals surface area contributed by atoms with E-state index in [2.05, 4.69) is 0 Å². The first-order valence-corrected chi connectivity index (χ1v) is 9.29. The van der Waals surface area contributed by atoms with Gasteiger partial charge in [-0.2, -0.15) is 0 Å². The molecule has 0 unspecified atom stereocenters. The van der Waals surface area contributed by atoms with Crippen LogP contribution in [0, 0.1) is 0 Å². The molecule has 0 N–H and O–H groups in total. The minimum absolute atomic E-state index is 0.149. The van der Waals surface area contributed by atoms with Gasteiger partial charge in [0.1, 0.15) is 4.88 Å². The fourth-order valence-electron chi connectivity index (χ4n) is 3.31. The molecule has 0 saturated heterocycles. The lowest BCUT2D eigenvalue weighted by molar-refractivity contribution is 0.0323. The van der Waals surface area contributed by atoms with Crippen molar-refractivity contribution in [2.45, 2.75) is 32.3 Å². The number of hydrogen-bond donors (Lipinski definition) is 0. The van der Waals surface area contributed by atoms with Crippen molar-refractivity contribution in [3.63, 3.8) is 0 Å². The second-order valence-electron chi connectivity index (χ2n) is 6.40. The molecule has 0 radical (unpaired) electrons. The van der Waals surface area contributed by atoms with Crippen molar-refractivity contribution in [2.75, 3.05) is 0 Å². The van der Waals surface area contributed by atoms with Crippen molar-refractivity contribution in [3.05, 3.63) is 70.1 Å². The quantitative estimate of drug-likeness (QED) is 0.500. The molecular formula is C21H18O3S. The van der Waals surface area contributed by atoms with E-state index >= 15 is 0 Å². The van der Waals surface area contributed by atoms with Gasteiger partial charge in [0.05, 0.1) is 0 Å². The van der Waals surface area contributed by atoms with E-state index in [4.69, 9.17) is 4.74 Å². The maximum Gasteiger partial charge on any atom is 0.349 e. The average Bonchev–Trinajstić information content (AvgIpc) is 3.26. The number of carbonyl (C=O) groups excluding carboxylic acids is 2. The first kappa shape index (κ1) is 16.0. The van der Waals surface area contributed by atoms with Crippen LogP contribution in [-0.2, 0) is 17.6 Å². The number of ketones is 1. The molecule has 1 aromatic heterocycles. The van der Waals surface area contributed by atoms with E-state index < -0.39 is 12.1 Å².